The monoisotopic (exact) mass is 194 g/mol. The topological polar surface area (TPSA) is 42.0 Å². The highest BCUT2D eigenvalue weighted by atomic mass is 16.1. The lowest BCUT2D eigenvalue weighted by Crippen LogP contribution is -2.09. The van der Waals surface area contributed by atoms with Gasteiger partial charge in [0, 0.05) is 6.20 Å². The Morgan fingerprint density at radius 1 is 1.43 bits per heavy atom. The van der Waals surface area contributed by atoms with Gasteiger partial charge in [-0.1, -0.05) is 13.8 Å². The zero-order chi connectivity index (χ0) is 10.8. The van der Waals surface area contributed by atoms with Gasteiger partial charge in [-0.3, -0.25) is 9.78 Å². The number of aromatic nitrogens is 1. The van der Waals surface area contributed by atoms with Crippen LogP contribution in [0.5, 0.6) is 0 Å². The number of hydrogen-bond acceptors (Lipinski definition) is 3. The van der Waals surface area contributed by atoms with Crippen LogP contribution in [0, 0.1) is 6.92 Å². The summed E-state index contributed by atoms with van der Waals surface area (Å²) in [5.74, 6) is 0. The average Bonchev–Trinajstić information content (AvgIpc) is 2.20. The zero-order valence-corrected chi connectivity index (χ0v) is 9.08. The molecule has 0 spiro atoms. The van der Waals surface area contributed by atoms with Crippen LogP contribution >= 0.6 is 0 Å². The van der Waals surface area contributed by atoms with Crippen molar-refractivity contribution in [1.29, 1.82) is 0 Å². The maximum atomic E-state index is 10.1. The number of rotatable bonds is 3. The minimum absolute atomic E-state index is 0.495. The molecule has 1 aromatic heterocycles. The maximum absolute atomic E-state index is 10.1. The van der Waals surface area contributed by atoms with Crippen molar-refractivity contribution in [3.05, 3.63) is 29.6 Å². The molecule has 0 radical (unpaired) electrons. The summed E-state index contributed by atoms with van der Waals surface area (Å²) in [4.78, 5) is 13.9. The van der Waals surface area contributed by atoms with Crippen LogP contribution in [0.15, 0.2) is 18.3 Å². The number of carbonyl (C=O) groups excluding carboxylic acids is 1. The first-order valence-electron chi connectivity index (χ1n) is 4.83. The van der Waals surface area contributed by atoms with Crippen molar-refractivity contribution < 1.29 is 4.79 Å². The molecular weight excluding hydrogens is 176 g/mol. The number of nitrogens with one attached hydrogen (secondary N) is 1. The van der Waals surface area contributed by atoms with Crippen molar-refractivity contribution in [2.24, 2.45) is 0 Å². The third-order valence-electron chi connectivity index (χ3n) is 1.56. The van der Waals surface area contributed by atoms with E-state index in [0.717, 1.165) is 24.9 Å². The molecule has 0 amide bonds. The molecule has 0 aromatic carbocycles. The molecule has 1 aromatic rings. The molecule has 14 heavy (non-hydrogen) atoms. The second-order valence-electron chi connectivity index (χ2n) is 2.83. The molecule has 3 heteroatoms. The molecule has 0 atom stereocenters. The number of nitrogens with zero attached hydrogens (tertiary/aromatic N) is 1. The first kappa shape index (κ1) is 12.8. The Morgan fingerprint density at radius 2 is 2.07 bits per heavy atom. The maximum Gasteiger partial charge on any atom is 0.168 e. The third-order valence-corrected chi connectivity index (χ3v) is 1.56. The number of carbonyl (C=O) groups is 1. The summed E-state index contributed by atoms with van der Waals surface area (Å²) in [6.07, 6.45) is 2.37. The van der Waals surface area contributed by atoms with Gasteiger partial charge in [0.05, 0.1) is 0 Å². The number of aldehydes is 1. The Morgan fingerprint density at radius 3 is 2.36 bits per heavy atom. The Labute approximate surface area is 85.6 Å². The zero-order valence-electron chi connectivity index (χ0n) is 9.08. The summed E-state index contributed by atoms with van der Waals surface area (Å²) >= 11 is 0. The van der Waals surface area contributed by atoms with E-state index in [0.29, 0.717) is 5.69 Å². The molecule has 1 N–H and O–H groups in total. The molecule has 78 valence electrons. The van der Waals surface area contributed by atoms with Crippen molar-refractivity contribution >= 4 is 6.29 Å². The molecule has 0 unspecified atom stereocenters. The first-order chi connectivity index (χ1) is 6.74. The predicted molar refractivity (Wildman–Crippen MR) is 58.6 cm³/mol. The molecule has 0 aliphatic carbocycles. The van der Waals surface area contributed by atoms with Crippen molar-refractivity contribution in [1.82, 2.24) is 10.3 Å². The lowest BCUT2D eigenvalue weighted by molar-refractivity contribution is 0.111. The van der Waals surface area contributed by atoms with E-state index in [2.05, 4.69) is 24.1 Å². The second-order valence-corrected chi connectivity index (χ2v) is 2.83. The quantitative estimate of drug-likeness (QED) is 0.746. The highest BCUT2D eigenvalue weighted by molar-refractivity contribution is 5.71. The van der Waals surface area contributed by atoms with Gasteiger partial charge >= 0.3 is 0 Å². The van der Waals surface area contributed by atoms with Crippen LogP contribution < -0.4 is 5.32 Å². The summed E-state index contributed by atoms with van der Waals surface area (Å²) in [6, 6.07) is 3.60. The van der Waals surface area contributed by atoms with Crippen LogP contribution in [0.1, 0.15) is 29.9 Å². The molecule has 1 rings (SSSR count). The molecule has 0 aliphatic rings. The summed E-state index contributed by atoms with van der Waals surface area (Å²) in [5, 5.41) is 3.11. The lowest BCUT2D eigenvalue weighted by atomic mass is 10.2. The van der Waals surface area contributed by atoms with Gasteiger partial charge < -0.3 is 5.32 Å². The fourth-order valence-electron chi connectivity index (χ4n) is 0.874. The fraction of sp³-hybridized carbons (Fsp3) is 0.455. The van der Waals surface area contributed by atoms with E-state index in [9.17, 15) is 4.79 Å². The minimum Gasteiger partial charge on any atom is -0.317 e. The number of pyridine rings is 1. The van der Waals surface area contributed by atoms with Crippen LogP contribution in [0.4, 0.5) is 0 Å². The van der Waals surface area contributed by atoms with Crippen LogP contribution in [-0.4, -0.2) is 24.4 Å². The molecule has 0 aliphatic heterocycles. The largest absolute Gasteiger partial charge is 0.317 e. The Hall–Kier alpha value is -1.22. The van der Waals surface area contributed by atoms with E-state index in [1.807, 2.05) is 13.0 Å². The fourth-order valence-corrected chi connectivity index (χ4v) is 0.874. The van der Waals surface area contributed by atoms with Gasteiger partial charge in [0.2, 0.25) is 0 Å². The summed E-state index contributed by atoms with van der Waals surface area (Å²) in [6.45, 7) is 8.31. The van der Waals surface area contributed by atoms with Gasteiger partial charge in [0.25, 0.3) is 0 Å². The summed E-state index contributed by atoms with van der Waals surface area (Å²) < 4.78 is 0. The van der Waals surface area contributed by atoms with E-state index in [4.69, 9.17) is 0 Å². The number of hydrogen-bond donors (Lipinski definition) is 1. The van der Waals surface area contributed by atoms with E-state index in [-0.39, 0.29) is 0 Å². The molecular formula is C11H18N2O. The van der Waals surface area contributed by atoms with Crippen LogP contribution in [0.3, 0.4) is 0 Å². The standard InChI is InChI=1S/C7H7NO.C4H11N/c1-6-2-3-8-7(4-6)5-9;1-3-5-4-2/h2-5H,1H3;5H,3-4H2,1-2H3. The van der Waals surface area contributed by atoms with E-state index >= 15 is 0 Å². The van der Waals surface area contributed by atoms with Crippen molar-refractivity contribution in [2.75, 3.05) is 13.1 Å². The van der Waals surface area contributed by atoms with Crippen molar-refractivity contribution in [3.63, 3.8) is 0 Å². The van der Waals surface area contributed by atoms with Gasteiger partial charge in [-0.15, -0.1) is 0 Å². The smallest absolute Gasteiger partial charge is 0.168 e. The molecule has 0 bridgehead atoms. The second kappa shape index (κ2) is 8.38. The SMILES string of the molecule is CCNCC.Cc1ccnc(C=O)c1. The van der Waals surface area contributed by atoms with Gasteiger partial charge in [-0.25, -0.2) is 0 Å². The average molecular weight is 194 g/mol. The van der Waals surface area contributed by atoms with Crippen LogP contribution in [-0.2, 0) is 0 Å². The molecule has 0 saturated carbocycles. The third kappa shape index (κ3) is 6.31. The molecule has 0 saturated heterocycles. The van der Waals surface area contributed by atoms with Crippen LogP contribution in [0.2, 0.25) is 0 Å². The van der Waals surface area contributed by atoms with E-state index in [1.54, 1.807) is 12.3 Å². The molecule has 1 heterocycles. The van der Waals surface area contributed by atoms with Crippen molar-refractivity contribution in [3.8, 4) is 0 Å². The van der Waals surface area contributed by atoms with Crippen molar-refractivity contribution in [2.45, 2.75) is 20.8 Å². The first-order valence-corrected chi connectivity index (χ1v) is 4.83. The highest BCUT2D eigenvalue weighted by Gasteiger charge is 1.87. The minimum atomic E-state index is 0.495. The lowest BCUT2D eigenvalue weighted by Gasteiger charge is -1.89. The van der Waals surface area contributed by atoms with Gasteiger partial charge in [-0.05, 0) is 37.7 Å². The summed E-state index contributed by atoms with van der Waals surface area (Å²) in [5.41, 5.74) is 1.56. The molecule has 3 nitrogen and oxygen atoms in total. The van der Waals surface area contributed by atoms with E-state index in [1.165, 1.54) is 0 Å². The molecule has 0 fully saturated rings. The number of aryl methyl sites for hydroxylation is 1. The Kier molecular flexibility index (Phi) is 7.65. The summed E-state index contributed by atoms with van der Waals surface area (Å²) in [7, 11) is 0. The van der Waals surface area contributed by atoms with Gasteiger partial charge in [0.1, 0.15) is 5.69 Å². The predicted octanol–water partition coefficient (Wildman–Crippen LogP) is 1.82. The van der Waals surface area contributed by atoms with Gasteiger partial charge in [-0.2, -0.15) is 0 Å². The Balaban J connectivity index is 0.000000292. The van der Waals surface area contributed by atoms with Crippen LogP contribution in [0.25, 0.3) is 0 Å². The highest BCUT2D eigenvalue weighted by Crippen LogP contribution is 1.95. The van der Waals surface area contributed by atoms with E-state index < -0.39 is 0 Å². The Bertz CT molecular complexity index is 259. The normalized spacial score (nSPS) is 8.79. The van der Waals surface area contributed by atoms with Gasteiger partial charge in [0.15, 0.2) is 6.29 Å².